The van der Waals surface area contributed by atoms with Gasteiger partial charge in [0.1, 0.15) is 5.82 Å². The monoisotopic (exact) mass is 249 g/mol. The second kappa shape index (κ2) is 6.38. The molecule has 0 atom stereocenters. The molecule has 0 bridgehead atoms. The van der Waals surface area contributed by atoms with Crippen LogP contribution in [-0.4, -0.2) is 19.0 Å². The zero-order chi connectivity index (χ0) is 12.8. The first-order valence-corrected chi connectivity index (χ1v) is 6.54. The first kappa shape index (κ1) is 12.9. The van der Waals surface area contributed by atoms with Crippen molar-refractivity contribution < 1.29 is 4.39 Å². The Hall–Kier alpha value is -1.58. The lowest BCUT2D eigenvalue weighted by Gasteiger charge is -2.10. The Morgan fingerprint density at radius 1 is 1.39 bits per heavy atom. The second-order valence-corrected chi connectivity index (χ2v) is 4.65. The van der Waals surface area contributed by atoms with Crippen molar-refractivity contribution in [2.75, 3.05) is 13.1 Å². The van der Waals surface area contributed by atoms with E-state index in [2.05, 4.69) is 15.6 Å². The SMILES string of the molecule is CCNC(=NCc1cccc(F)c1)NCC1CC1. The molecular formula is C14H20FN3. The van der Waals surface area contributed by atoms with E-state index in [-0.39, 0.29) is 5.82 Å². The molecule has 1 aromatic rings. The highest BCUT2D eigenvalue weighted by atomic mass is 19.1. The van der Waals surface area contributed by atoms with Gasteiger partial charge in [0.2, 0.25) is 0 Å². The summed E-state index contributed by atoms with van der Waals surface area (Å²) < 4.78 is 13.0. The zero-order valence-corrected chi connectivity index (χ0v) is 10.7. The van der Waals surface area contributed by atoms with Crippen molar-refractivity contribution >= 4 is 5.96 Å². The van der Waals surface area contributed by atoms with Gasteiger partial charge in [-0.15, -0.1) is 0 Å². The largest absolute Gasteiger partial charge is 0.357 e. The number of nitrogens with one attached hydrogen (secondary N) is 2. The molecule has 1 fully saturated rings. The van der Waals surface area contributed by atoms with Gasteiger partial charge < -0.3 is 10.6 Å². The van der Waals surface area contributed by atoms with E-state index >= 15 is 0 Å². The van der Waals surface area contributed by atoms with Crippen LogP contribution in [0.2, 0.25) is 0 Å². The van der Waals surface area contributed by atoms with Crippen molar-refractivity contribution in [2.24, 2.45) is 10.9 Å². The highest BCUT2D eigenvalue weighted by Crippen LogP contribution is 2.27. The van der Waals surface area contributed by atoms with Crippen LogP contribution < -0.4 is 10.6 Å². The molecule has 0 amide bonds. The summed E-state index contributed by atoms with van der Waals surface area (Å²) in [6.45, 7) is 4.35. The summed E-state index contributed by atoms with van der Waals surface area (Å²) in [6.07, 6.45) is 2.63. The summed E-state index contributed by atoms with van der Waals surface area (Å²) in [7, 11) is 0. The Labute approximate surface area is 108 Å². The number of halogens is 1. The highest BCUT2D eigenvalue weighted by molar-refractivity contribution is 5.79. The summed E-state index contributed by atoms with van der Waals surface area (Å²) in [5, 5.41) is 6.51. The predicted molar refractivity (Wildman–Crippen MR) is 71.9 cm³/mol. The lowest BCUT2D eigenvalue weighted by Crippen LogP contribution is -2.38. The average molecular weight is 249 g/mol. The first-order chi connectivity index (χ1) is 8.78. The molecule has 1 aromatic carbocycles. The first-order valence-electron chi connectivity index (χ1n) is 6.54. The van der Waals surface area contributed by atoms with E-state index in [4.69, 9.17) is 0 Å². The van der Waals surface area contributed by atoms with E-state index in [1.165, 1.54) is 25.0 Å². The van der Waals surface area contributed by atoms with Crippen molar-refractivity contribution in [2.45, 2.75) is 26.3 Å². The molecule has 98 valence electrons. The van der Waals surface area contributed by atoms with E-state index in [0.29, 0.717) is 6.54 Å². The number of aliphatic imine (C=N–C) groups is 1. The number of nitrogens with zero attached hydrogens (tertiary/aromatic N) is 1. The van der Waals surface area contributed by atoms with Gasteiger partial charge in [0.25, 0.3) is 0 Å². The third kappa shape index (κ3) is 4.35. The molecule has 0 spiro atoms. The molecule has 2 rings (SSSR count). The Bertz CT molecular complexity index is 413. The standard InChI is InChI=1S/C14H20FN3/c1-2-16-14(17-9-11-6-7-11)18-10-12-4-3-5-13(15)8-12/h3-5,8,11H,2,6-7,9-10H2,1H3,(H2,16,17,18). The number of benzene rings is 1. The minimum absolute atomic E-state index is 0.210. The number of hydrogen-bond acceptors (Lipinski definition) is 1. The average Bonchev–Trinajstić information content (AvgIpc) is 3.17. The molecule has 1 aliphatic rings. The van der Waals surface area contributed by atoms with Gasteiger partial charge in [-0.3, -0.25) is 0 Å². The van der Waals surface area contributed by atoms with Crippen molar-refractivity contribution in [3.05, 3.63) is 35.6 Å². The van der Waals surface area contributed by atoms with Crippen LogP contribution in [-0.2, 0) is 6.54 Å². The summed E-state index contributed by atoms with van der Waals surface area (Å²) in [4.78, 5) is 4.45. The minimum atomic E-state index is -0.210. The summed E-state index contributed by atoms with van der Waals surface area (Å²) in [6, 6.07) is 6.57. The van der Waals surface area contributed by atoms with Crippen LogP contribution in [0.4, 0.5) is 4.39 Å². The fourth-order valence-corrected chi connectivity index (χ4v) is 1.71. The van der Waals surface area contributed by atoms with Crippen LogP contribution in [0.3, 0.4) is 0 Å². The molecule has 0 radical (unpaired) electrons. The summed E-state index contributed by atoms with van der Waals surface area (Å²) in [5.41, 5.74) is 0.888. The fourth-order valence-electron chi connectivity index (χ4n) is 1.71. The summed E-state index contributed by atoms with van der Waals surface area (Å²) in [5.74, 6) is 1.41. The van der Waals surface area contributed by atoms with Crippen molar-refractivity contribution in [1.29, 1.82) is 0 Å². The van der Waals surface area contributed by atoms with Gasteiger partial charge in [0, 0.05) is 13.1 Å². The molecule has 0 heterocycles. The molecule has 1 saturated carbocycles. The van der Waals surface area contributed by atoms with Gasteiger partial charge in [-0.05, 0) is 43.4 Å². The molecule has 0 unspecified atom stereocenters. The zero-order valence-electron chi connectivity index (χ0n) is 10.7. The van der Waals surface area contributed by atoms with Crippen molar-refractivity contribution in [1.82, 2.24) is 10.6 Å². The molecule has 4 heteroatoms. The lowest BCUT2D eigenvalue weighted by atomic mass is 10.2. The minimum Gasteiger partial charge on any atom is -0.357 e. The Morgan fingerprint density at radius 2 is 2.22 bits per heavy atom. The van der Waals surface area contributed by atoms with Crippen LogP contribution in [0.5, 0.6) is 0 Å². The number of guanidine groups is 1. The Kier molecular flexibility index (Phi) is 4.56. The van der Waals surface area contributed by atoms with Gasteiger partial charge >= 0.3 is 0 Å². The van der Waals surface area contributed by atoms with Crippen LogP contribution in [0.15, 0.2) is 29.3 Å². The molecule has 1 aliphatic carbocycles. The topological polar surface area (TPSA) is 36.4 Å². The lowest BCUT2D eigenvalue weighted by molar-refractivity contribution is 0.625. The summed E-state index contributed by atoms with van der Waals surface area (Å²) >= 11 is 0. The van der Waals surface area contributed by atoms with Crippen molar-refractivity contribution in [3.63, 3.8) is 0 Å². The van der Waals surface area contributed by atoms with Crippen LogP contribution in [0.25, 0.3) is 0 Å². The van der Waals surface area contributed by atoms with Crippen LogP contribution >= 0.6 is 0 Å². The third-order valence-electron chi connectivity index (χ3n) is 2.91. The van der Waals surface area contributed by atoms with Gasteiger partial charge in [-0.25, -0.2) is 9.38 Å². The molecule has 0 saturated heterocycles. The number of hydrogen-bond donors (Lipinski definition) is 2. The van der Waals surface area contributed by atoms with E-state index in [1.807, 2.05) is 13.0 Å². The van der Waals surface area contributed by atoms with E-state index in [1.54, 1.807) is 6.07 Å². The fraction of sp³-hybridized carbons (Fsp3) is 0.500. The van der Waals surface area contributed by atoms with E-state index in [9.17, 15) is 4.39 Å². The van der Waals surface area contributed by atoms with Gasteiger partial charge in [0.05, 0.1) is 6.54 Å². The quantitative estimate of drug-likeness (QED) is 0.620. The normalized spacial score (nSPS) is 15.6. The predicted octanol–water partition coefficient (Wildman–Crippen LogP) is 2.29. The Morgan fingerprint density at radius 3 is 2.89 bits per heavy atom. The maximum atomic E-state index is 13.0. The van der Waals surface area contributed by atoms with Crippen LogP contribution in [0, 0.1) is 11.7 Å². The molecule has 0 aliphatic heterocycles. The van der Waals surface area contributed by atoms with E-state index < -0.39 is 0 Å². The highest BCUT2D eigenvalue weighted by Gasteiger charge is 2.20. The van der Waals surface area contributed by atoms with Gasteiger partial charge in [-0.1, -0.05) is 12.1 Å². The molecule has 2 N–H and O–H groups in total. The molecule has 18 heavy (non-hydrogen) atoms. The smallest absolute Gasteiger partial charge is 0.191 e. The van der Waals surface area contributed by atoms with Gasteiger partial charge in [0.15, 0.2) is 5.96 Å². The molecule has 0 aromatic heterocycles. The van der Waals surface area contributed by atoms with Crippen LogP contribution in [0.1, 0.15) is 25.3 Å². The third-order valence-corrected chi connectivity index (χ3v) is 2.91. The molecule has 3 nitrogen and oxygen atoms in total. The maximum absolute atomic E-state index is 13.0. The molecular weight excluding hydrogens is 229 g/mol. The second-order valence-electron chi connectivity index (χ2n) is 4.65. The van der Waals surface area contributed by atoms with Crippen molar-refractivity contribution in [3.8, 4) is 0 Å². The van der Waals surface area contributed by atoms with Gasteiger partial charge in [-0.2, -0.15) is 0 Å². The maximum Gasteiger partial charge on any atom is 0.191 e. The number of rotatable bonds is 5. The van der Waals surface area contributed by atoms with E-state index in [0.717, 1.165) is 30.5 Å². The Balaban J connectivity index is 1.89.